The first-order chi connectivity index (χ1) is 15.4. The highest BCUT2D eigenvalue weighted by atomic mass is 35.5. The Morgan fingerprint density at radius 3 is 2.53 bits per heavy atom. The standard InChI is InChI=1S/C25H24ClN3O3/c1-4-13-28-22-8-6-5-7-20(22)24(25(28)31)27-32-15-23(30)21-14-16(2)29(17(21)3)19-11-9-18(26)10-12-19/h5-12,14H,4,13,15H2,1-3H3/b27-24+. The second kappa shape index (κ2) is 9.01. The van der Waals surface area contributed by atoms with Crippen LogP contribution < -0.4 is 4.90 Å². The molecule has 0 saturated heterocycles. The fourth-order valence-electron chi connectivity index (χ4n) is 4.06. The molecule has 1 amide bonds. The van der Waals surface area contributed by atoms with Crippen LogP contribution in [-0.2, 0) is 9.63 Å². The molecular formula is C25H24ClN3O3. The second-order valence-electron chi connectivity index (χ2n) is 7.71. The lowest BCUT2D eigenvalue weighted by molar-refractivity contribution is -0.112. The molecule has 32 heavy (non-hydrogen) atoms. The normalized spacial score (nSPS) is 14.2. The number of carbonyl (C=O) groups excluding carboxylic acids is 2. The quantitative estimate of drug-likeness (QED) is 0.372. The number of carbonyl (C=O) groups is 2. The number of hydrogen-bond donors (Lipinski definition) is 0. The van der Waals surface area contributed by atoms with Crippen LogP contribution in [0.1, 0.15) is 40.7 Å². The minimum atomic E-state index is -0.252. The van der Waals surface area contributed by atoms with Crippen LogP contribution in [0.25, 0.3) is 5.69 Å². The molecule has 0 aliphatic carbocycles. The first-order valence-corrected chi connectivity index (χ1v) is 10.9. The number of nitrogens with zero attached hydrogens (tertiary/aromatic N) is 3. The van der Waals surface area contributed by atoms with Crippen LogP contribution in [0.2, 0.25) is 5.02 Å². The zero-order valence-corrected chi connectivity index (χ0v) is 19.0. The van der Waals surface area contributed by atoms with Crippen molar-refractivity contribution in [1.29, 1.82) is 0 Å². The number of Topliss-reactive ketones (excluding diaryl/α,β-unsaturated/α-hetero) is 1. The average molecular weight is 450 g/mol. The lowest BCUT2D eigenvalue weighted by Crippen LogP contribution is -2.30. The van der Waals surface area contributed by atoms with Crippen LogP contribution in [-0.4, -0.2) is 35.1 Å². The number of hydrogen-bond acceptors (Lipinski definition) is 4. The third-order valence-electron chi connectivity index (χ3n) is 5.51. The van der Waals surface area contributed by atoms with Crippen LogP contribution in [0.3, 0.4) is 0 Å². The van der Waals surface area contributed by atoms with E-state index in [-0.39, 0.29) is 24.0 Å². The van der Waals surface area contributed by atoms with Gasteiger partial charge in [-0.25, -0.2) is 0 Å². The maximum atomic E-state index is 12.9. The van der Waals surface area contributed by atoms with Crippen LogP contribution in [0, 0.1) is 13.8 Å². The number of benzene rings is 2. The van der Waals surface area contributed by atoms with Gasteiger partial charge in [0, 0.05) is 39.8 Å². The van der Waals surface area contributed by atoms with Crippen LogP contribution in [0.4, 0.5) is 5.69 Å². The van der Waals surface area contributed by atoms with Gasteiger partial charge in [-0.3, -0.25) is 9.59 Å². The van der Waals surface area contributed by atoms with Crippen molar-refractivity contribution >= 4 is 34.7 Å². The Kier molecular flexibility index (Phi) is 6.15. The summed E-state index contributed by atoms with van der Waals surface area (Å²) >= 11 is 5.99. The molecule has 6 nitrogen and oxygen atoms in total. The van der Waals surface area contributed by atoms with E-state index in [1.807, 2.05) is 79.9 Å². The molecule has 1 aromatic heterocycles. The Hall–Kier alpha value is -3.38. The summed E-state index contributed by atoms with van der Waals surface area (Å²) < 4.78 is 1.99. The number of anilines is 1. The SMILES string of the molecule is CCCN1C(=O)/C(=N/OCC(=O)c2cc(C)n(-c3ccc(Cl)cc3)c2C)c2ccccc21. The highest BCUT2D eigenvalue weighted by Crippen LogP contribution is 2.29. The van der Waals surface area contributed by atoms with Gasteiger partial charge in [0.1, 0.15) is 0 Å². The lowest BCUT2D eigenvalue weighted by atomic mass is 10.1. The van der Waals surface area contributed by atoms with Gasteiger partial charge in [0.05, 0.1) is 5.69 Å². The van der Waals surface area contributed by atoms with Gasteiger partial charge in [-0.2, -0.15) is 0 Å². The molecule has 0 spiro atoms. The Bertz CT molecular complexity index is 1210. The van der Waals surface area contributed by atoms with Crippen LogP contribution in [0.15, 0.2) is 59.8 Å². The Balaban J connectivity index is 1.53. The molecule has 0 fully saturated rings. The highest BCUT2D eigenvalue weighted by Gasteiger charge is 2.33. The molecule has 0 bridgehead atoms. The van der Waals surface area contributed by atoms with Gasteiger partial charge in [-0.1, -0.05) is 41.9 Å². The number of aromatic nitrogens is 1. The predicted octanol–water partition coefficient (Wildman–Crippen LogP) is 5.11. The first-order valence-electron chi connectivity index (χ1n) is 10.5. The van der Waals surface area contributed by atoms with E-state index < -0.39 is 0 Å². The predicted molar refractivity (Wildman–Crippen MR) is 126 cm³/mol. The topological polar surface area (TPSA) is 63.9 Å². The summed E-state index contributed by atoms with van der Waals surface area (Å²) in [6.07, 6.45) is 0.829. The summed E-state index contributed by atoms with van der Waals surface area (Å²) in [6.45, 7) is 6.19. The van der Waals surface area contributed by atoms with Crippen molar-refractivity contribution in [3.63, 3.8) is 0 Å². The second-order valence-corrected chi connectivity index (χ2v) is 8.14. The van der Waals surface area contributed by atoms with E-state index in [1.165, 1.54) is 0 Å². The van der Waals surface area contributed by atoms with Gasteiger partial charge in [-0.05, 0) is 56.7 Å². The van der Waals surface area contributed by atoms with Gasteiger partial charge in [-0.15, -0.1) is 0 Å². The lowest BCUT2D eigenvalue weighted by Gasteiger charge is -2.14. The fraction of sp³-hybridized carbons (Fsp3) is 0.240. The molecule has 0 saturated carbocycles. The monoisotopic (exact) mass is 449 g/mol. The third kappa shape index (κ3) is 3.94. The maximum Gasteiger partial charge on any atom is 0.281 e. The van der Waals surface area contributed by atoms with E-state index in [9.17, 15) is 9.59 Å². The number of rotatable bonds is 7. The van der Waals surface area contributed by atoms with Crippen molar-refractivity contribution in [3.8, 4) is 5.69 Å². The van der Waals surface area contributed by atoms with Gasteiger partial charge >= 0.3 is 0 Å². The van der Waals surface area contributed by atoms with E-state index in [2.05, 4.69) is 5.16 Å². The molecule has 3 aromatic rings. The molecule has 2 aromatic carbocycles. The molecule has 0 unspecified atom stereocenters. The fourth-order valence-corrected chi connectivity index (χ4v) is 4.19. The summed E-state index contributed by atoms with van der Waals surface area (Å²) in [5.41, 5.74) is 4.99. The average Bonchev–Trinajstić information content (AvgIpc) is 3.23. The summed E-state index contributed by atoms with van der Waals surface area (Å²) in [7, 11) is 0. The zero-order valence-electron chi connectivity index (χ0n) is 18.3. The van der Waals surface area contributed by atoms with E-state index in [1.54, 1.807) is 4.90 Å². The number of amides is 1. The van der Waals surface area contributed by atoms with Crippen molar-refractivity contribution in [2.24, 2.45) is 5.16 Å². The van der Waals surface area contributed by atoms with Crippen molar-refractivity contribution in [2.45, 2.75) is 27.2 Å². The summed E-state index contributed by atoms with van der Waals surface area (Å²) in [4.78, 5) is 32.7. The Morgan fingerprint density at radius 2 is 1.81 bits per heavy atom. The van der Waals surface area contributed by atoms with Crippen LogP contribution in [0.5, 0.6) is 0 Å². The molecule has 0 N–H and O–H groups in total. The molecule has 7 heteroatoms. The van der Waals surface area contributed by atoms with Crippen LogP contribution >= 0.6 is 11.6 Å². The van der Waals surface area contributed by atoms with E-state index >= 15 is 0 Å². The molecular weight excluding hydrogens is 426 g/mol. The van der Waals surface area contributed by atoms with Crippen molar-refractivity contribution in [2.75, 3.05) is 18.1 Å². The minimum Gasteiger partial charge on any atom is -0.387 e. The molecule has 164 valence electrons. The molecule has 1 aliphatic rings. The number of oxime groups is 1. The summed E-state index contributed by atoms with van der Waals surface area (Å²) in [6, 6.07) is 16.8. The van der Waals surface area contributed by atoms with E-state index in [0.717, 1.165) is 34.7 Å². The molecule has 4 rings (SSSR count). The minimum absolute atomic E-state index is 0.202. The third-order valence-corrected chi connectivity index (χ3v) is 5.76. The Morgan fingerprint density at radius 1 is 1.09 bits per heavy atom. The Labute approximate surface area is 192 Å². The highest BCUT2D eigenvalue weighted by molar-refractivity contribution is 6.54. The number of halogens is 1. The number of ketones is 1. The van der Waals surface area contributed by atoms with Crippen molar-refractivity contribution in [3.05, 3.63) is 82.1 Å². The smallest absolute Gasteiger partial charge is 0.281 e. The molecule has 0 radical (unpaired) electrons. The summed E-state index contributed by atoms with van der Waals surface area (Å²) in [5.74, 6) is -0.409. The van der Waals surface area contributed by atoms with Gasteiger partial charge in [0.2, 0.25) is 5.78 Å². The number of fused-ring (bicyclic) bond motifs is 1. The summed E-state index contributed by atoms with van der Waals surface area (Å²) in [5, 5.41) is 4.71. The van der Waals surface area contributed by atoms with Gasteiger partial charge in [0.25, 0.3) is 5.91 Å². The molecule has 2 heterocycles. The molecule has 0 atom stereocenters. The zero-order chi connectivity index (χ0) is 22.8. The van der Waals surface area contributed by atoms with E-state index in [0.29, 0.717) is 17.1 Å². The number of para-hydroxylation sites is 1. The van der Waals surface area contributed by atoms with Crippen molar-refractivity contribution < 1.29 is 14.4 Å². The first kappa shape index (κ1) is 21.8. The van der Waals surface area contributed by atoms with Crippen molar-refractivity contribution in [1.82, 2.24) is 4.57 Å². The van der Waals surface area contributed by atoms with E-state index in [4.69, 9.17) is 16.4 Å². The number of aryl methyl sites for hydroxylation is 1. The largest absolute Gasteiger partial charge is 0.387 e. The maximum absolute atomic E-state index is 12.9. The van der Waals surface area contributed by atoms with Gasteiger partial charge in [0.15, 0.2) is 12.3 Å². The molecule has 1 aliphatic heterocycles. The van der Waals surface area contributed by atoms with Gasteiger partial charge < -0.3 is 14.3 Å².